The maximum absolute atomic E-state index is 11.6. The minimum Gasteiger partial charge on any atom is -0.300 e. The first-order valence-corrected chi connectivity index (χ1v) is 6.28. The summed E-state index contributed by atoms with van der Waals surface area (Å²) in [4.78, 5) is 11.6. The molecule has 0 aliphatic rings. The maximum atomic E-state index is 11.6. The lowest BCUT2D eigenvalue weighted by atomic mass is 9.98. The minimum atomic E-state index is 0.422. The van der Waals surface area contributed by atoms with E-state index in [1.807, 2.05) is 6.07 Å². The molecule has 1 aromatic rings. The van der Waals surface area contributed by atoms with Crippen LogP contribution < -0.4 is 0 Å². The van der Waals surface area contributed by atoms with Crippen LogP contribution in [0.15, 0.2) is 30.3 Å². The SMILES string of the molecule is CCC(C)CC(=O)CCCc1ccccc1. The lowest BCUT2D eigenvalue weighted by Crippen LogP contribution is -2.05. The molecule has 0 aromatic heterocycles. The van der Waals surface area contributed by atoms with Gasteiger partial charge in [0.2, 0.25) is 0 Å². The molecule has 0 saturated heterocycles. The zero-order valence-corrected chi connectivity index (χ0v) is 10.4. The van der Waals surface area contributed by atoms with Gasteiger partial charge in [-0.3, -0.25) is 4.79 Å². The molecule has 1 heteroatoms. The average Bonchev–Trinajstić information content (AvgIpc) is 2.30. The first-order valence-electron chi connectivity index (χ1n) is 6.28. The molecule has 0 heterocycles. The number of hydrogen-bond donors (Lipinski definition) is 0. The number of ketones is 1. The van der Waals surface area contributed by atoms with Crippen LogP contribution in [0.5, 0.6) is 0 Å². The van der Waals surface area contributed by atoms with Gasteiger partial charge in [-0.25, -0.2) is 0 Å². The van der Waals surface area contributed by atoms with Gasteiger partial charge in [0.05, 0.1) is 0 Å². The van der Waals surface area contributed by atoms with Gasteiger partial charge < -0.3 is 0 Å². The Morgan fingerprint density at radius 2 is 1.94 bits per heavy atom. The van der Waals surface area contributed by atoms with Gasteiger partial charge in [-0.05, 0) is 24.3 Å². The van der Waals surface area contributed by atoms with E-state index in [0.717, 1.165) is 32.1 Å². The second-order valence-electron chi connectivity index (χ2n) is 4.60. The van der Waals surface area contributed by atoms with E-state index in [4.69, 9.17) is 0 Å². The first-order chi connectivity index (χ1) is 7.72. The zero-order valence-electron chi connectivity index (χ0n) is 10.4. The van der Waals surface area contributed by atoms with Crippen molar-refractivity contribution in [3.63, 3.8) is 0 Å². The number of benzene rings is 1. The van der Waals surface area contributed by atoms with Gasteiger partial charge in [-0.15, -0.1) is 0 Å². The van der Waals surface area contributed by atoms with Gasteiger partial charge in [-0.2, -0.15) is 0 Å². The second-order valence-corrected chi connectivity index (χ2v) is 4.60. The summed E-state index contributed by atoms with van der Waals surface area (Å²) in [5.41, 5.74) is 1.33. The predicted molar refractivity (Wildman–Crippen MR) is 68.5 cm³/mol. The standard InChI is InChI=1S/C15H22O/c1-3-13(2)12-15(16)11-7-10-14-8-5-4-6-9-14/h4-6,8-9,13H,3,7,10-12H2,1-2H3. The van der Waals surface area contributed by atoms with Crippen molar-refractivity contribution in [2.75, 3.05) is 0 Å². The van der Waals surface area contributed by atoms with Gasteiger partial charge in [0.15, 0.2) is 0 Å². The third kappa shape index (κ3) is 5.11. The molecule has 1 unspecified atom stereocenters. The number of carbonyl (C=O) groups excluding carboxylic acids is 1. The molecule has 0 aliphatic heterocycles. The van der Waals surface area contributed by atoms with E-state index in [2.05, 4.69) is 38.1 Å². The van der Waals surface area contributed by atoms with E-state index < -0.39 is 0 Å². The van der Waals surface area contributed by atoms with Gasteiger partial charge in [0.1, 0.15) is 5.78 Å². The van der Waals surface area contributed by atoms with E-state index >= 15 is 0 Å². The normalized spacial score (nSPS) is 12.4. The van der Waals surface area contributed by atoms with Crippen LogP contribution in [0.4, 0.5) is 0 Å². The van der Waals surface area contributed by atoms with Gasteiger partial charge in [-0.1, -0.05) is 50.6 Å². The molecule has 0 radical (unpaired) electrons. The van der Waals surface area contributed by atoms with Crippen molar-refractivity contribution >= 4 is 5.78 Å². The fourth-order valence-corrected chi connectivity index (χ4v) is 1.77. The van der Waals surface area contributed by atoms with Crippen LogP contribution in [-0.2, 0) is 11.2 Å². The highest BCUT2D eigenvalue weighted by atomic mass is 16.1. The number of aryl methyl sites for hydroxylation is 1. The van der Waals surface area contributed by atoms with Gasteiger partial charge in [0, 0.05) is 12.8 Å². The molecule has 0 fully saturated rings. The number of carbonyl (C=O) groups is 1. The first kappa shape index (κ1) is 13.0. The third-order valence-electron chi connectivity index (χ3n) is 3.04. The fraction of sp³-hybridized carbons (Fsp3) is 0.533. The van der Waals surface area contributed by atoms with Crippen LogP contribution in [-0.4, -0.2) is 5.78 Å². The summed E-state index contributed by atoms with van der Waals surface area (Å²) in [5.74, 6) is 0.967. The van der Waals surface area contributed by atoms with Crippen LogP contribution in [0.2, 0.25) is 0 Å². The highest BCUT2D eigenvalue weighted by Crippen LogP contribution is 2.11. The summed E-state index contributed by atoms with van der Waals surface area (Å²) < 4.78 is 0. The zero-order chi connectivity index (χ0) is 11.8. The summed E-state index contributed by atoms with van der Waals surface area (Å²) in [6.07, 6.45) is 4.60. The second kappa shape index (κ2) is 7.21. The van der Waals surface area contributed by atoms with E-state index in [0.29, 0.717) is 11.7 Å². The Bertz CT molecular complexity index is 302. The molecular weight excluding hydrogens is 196 g/mol. The number of rotatable bonds is 7. The topological polar surface area (TPSA) is 17.1 Å². The maximum Gasteiger partial charge on any atom is 0.133 e. The summed E-state index contributed by atoms with van der Waals surface area (Å²) in [7, 11) is 0. The molecule has 0 amide bonds. The Kier molecular flexibility index (Phi) is 5.84. The lowest BCUT2D eigenvalue weighted by molar-refractivity contribution is -0.119. The highest BCUT2D eigenvalue weighted by molar-refractivity contribution is 5.78. The minimum absolute atomic E-state index is 0.422. The Labute approximate surface area is 98.9 Å². The Morgan fingerprint density at radius 1 is 1.25 bits per heavy atom. The Hall–Kier alpha value is -1.11. The summed E-state index contributed by atoms with van der Waals surface area (Å²) in [6, 6.07) is 10.4. The molecule has 1 atom stereocenters. The Balaban J connectivity index is 2.18. The summed E-state index contributed by atoms with van der Waals surface area (Å²) in [6.45, 7) is 4.29. The van der Waals surface area contributed by atoms with Crippen molar-refractivity contribution in [1.82, 2.24) is 0 Å². The molecule has 0 N–H and O–H groups in total. The quantitative estimate of drug-likeness (QED) is 0.675. The van der Waals surface area contributed by atoms with E-state index in [9.17, 15) is 4.79 Å². The van der Waals surface area contributed by atoms with Crippen LogP contribution in [0.25, 0.3) is 0 Å². The molecule has 1 aromatic carbocycles. The smallest absolute Gasteiger partial charge is 0.133 e. The molecule has 88 valence electrons. The molecule has 1 rings (SSSR count). The monoisotopic (exact) mass is 218 g/mol. The van der Waals surface area contributed by atoms with Crippen molar-refractivity contribution in [3.8, 4) is 0 Å². The number of Topliss-reactive ketones (excluding diaryl/α,β-unsaturated/α-hetero) is 1. The van der Waals surface area contributed by atoms with Crippen LogP contribution in [0.3, 0.4) is 0 Å². The van der Waals surface area contributed by atoms with E-state index in [1.54, 1.807) is 0 Å². The molecule has 16 heavy (non-hydrogen) atoms. The van der Waals surface area contributed by atoms with Crippen molar-refractivity contribution in [1.29, 1.82) is 0 Å². The third-order valence-corrected chi connectivity index (χ3v) is 3.04. The van der Waals surface area contributed by atoms with Crippen LogP contribution in [0.1, 0.15) is 45.1 Å². The lowest BCUT2D eigenvalue weighted by Gasteiger charge is -2.06. The molecule has 0 bridgehead atoms. The van der Waals surface area contributed by atoms with Crippen molar-refractivity contribution in [2.45, 2.75) is 46.0 Å². The van der Waals surface area contributed by atoms with Gasteiger partial charge >= 0.3 is 0 Å². The summed E-state index contributed by atoms with van der Waals surface area (Å²) >= 11 is 0. The predicted octanol–water partition coefficient (Wildman–Crippen LogP) is 4.01. The average molecular weight is 218 g/mol. The van der Waals surface area contributed by atoms with Gasteiger partial charge in [0.25, 0.3) is 0 Å². The van der Waals surface area contributed by atoms with Crippen LogP contribution >= 0.6 is 0 Å². The molecule has 1 nitrogen and oxygen atoms in total. The van der Waals surface area contributed by atoms with Crippen LogP contribution in [0, 0.1) is 5.92 Å². The van der Waals surface area contributed by atoms with E-state index in [1.165, 1.54) is 5.56 Å². The molecular formula is C15H22O. The number of hydrogen-bond acceptors (Lipinski definition) is 1. The largest absolute Gasteiger partial charge is 0.300 e. The molecule has 0 spiro atoms. The highest BCUT2D eigenvalue weighted by Gasteiger charge is 2.06. The van der Waals surface area contributed by atoms with Crippen molar-refractivity contribution in [2.24, 2.45) is 5.92 Å². The van der Waals surface area contributed by atoms with Crippen molar-refractivity contribution < 1.29 is 4.79 Å². The molecule has 0 aliphatic carbocycles. The van der Waals surface area contributed by atoms with Crippen molar-refractivity contribution in [3.05, 3.63) is 35.9 Å². The van der Waals surface area contributed by atoms with E-state index in [-0.39, 0.29) is 0 Å². The summed E-state index contributed by atoms with van der Waals surface area (Å²) in [5, 5.41) is 0. The molecule has 0 saturated carbocycles. The Morgan fingerprint density at radius 3 is 2.56 bits per heavy atom. The fourth-order valence-electron chi connectivity index (χ4n) is 1.77.